The van der Waals surface area contributed by atoms with Gasteiger partial charge in [-0.05, 0) is 25.5 Å². The number of anilines is 2. The van der Waals surface area contributed by atoms with Crippen molar-refractivity contribution in [1.29, 1.82) is 0 Å². The van der Waals surface area contributed by atoms with E-state index in [-0.39, 0.29) is 12.6 Å². The number of hydrogen-bond acceptors (Lipinski definition) is 3. The topological polar surface area (TPSA) is 72.9 Å². The third-order valence-corrected chi connectivity index (χ3v) is 3.90. The number of likely N-dealkylation sites (tertiary alicyclic amines) is 1. The van der Waals surface area contributed by atoms with Gasteiger partial charge in [0.2, 0.25) is 0 Å². The fraction of sp³-hybridized carbons (Fsp3) is 0.467. The summed E-state index contributed by atoms with van der Waals surface area (Å²) in [4.78, 5) is 27.0. The van der Waals surface area contributed by atoms with Crippen LogP contribution in [0.4, 0.5) is 16.2 Å². The second-order valence-electron chi connectivity index (χ2n) is 5.88. The molecule has 2 amide bonds. The zero-order valence-electron chi connectivity index (χ0n) is 12.6. The van der Waals surface area contributed by atoms with Gasteiger partial charge in [-0.3, -0.25) is 4.79 Å². The molecule has 1 atom stereocenters. The van der Waals surface area contributed by atoms with Crippen molar-refractivity contribution in [3.63, 3.8) is 0 Å². The second kappa shape index (κ2) is 5.63. The normalized spacial score (nSPS) is 21.2. The number of nitrogens with one attached hydrogen (secondary N) is 1. The monoisotopic (exact) mass is 291 g/mol. The SMILES string of the molecule is CN(C)c1ccccc1NC(=O)N1CCC(C)(C(=O)O)C1. The largest absolute Gasteiger partial charge is 0.481 e. The van der Waals surface area contributed by atoms with Gasteiger partial charge in [-0.1, -0.05) is 12.1 Å². The number of hydrogen-bond donors (Lipinski definition) is 2. The van der Waals surface area contributed by atoms with Crippen LogP contribution in [0.15, 0.2) is 24.3 Å². The van der Waals surface area contributed by atoms with Crippen LogP contribution >= 0.6 is 0 Å². The Hall–Kier alpha value is -2.24. The Bertz CT molecular complexity index is 559. The van der Waals surface area contributed by atoms with Crippen molar-refractivity contribution in [2.45, 2.75) is 13.3 Å². The molecule has 0 saturated carbocycles. The van der Waals surface area contributed by atoms with Gasteiger partial charge in [0.25, 0.3) is 0 Å². The molecule has 2 N–H and O–H groups in total. The summed E-state index contributed by atoms with van der Waals surface area (Å²) in [5, 5.41) is 12.1. The summed E-state index contributed by atoms with van der Waals surface area (Å²) in [7, 11) is 3.81. The number of carbonyl (C=O) groups is 2. The molecule has 0 radical (unpaired) electrons. The van der Waals surface area contributed by atoms with Gasteiger partial charge in [-0.25, -0.2) is 4.79 Å². The maximum atomic E-state index is 12.3. The van der Waals surface area contributed by atoms with Gasteiger partial charge in [0.15, 0.2) is 0 Å². The van der Waals surface area contributed by atoms with Gasteiger partial charge >= 0.3 is 12.0 Å². The molecule has 1 unspecified atom stereocenters. The zero-order chi connectivity index (χ0) is 15.6. The number of urea groups is 1. The number of rotatable bonds is 3. The van der Waals surface area contributed by atoms with E-state index in [1.165, 1.54) is 0 Å². The van der Waals surface area contributed by atoms with Gasteiger partial charge < -0.3 is 20.2 Å². The standard InChI is InChI=1S/C15H21N3O3/c1-15(13(19)20)8-9-18(10-15)14(21)16-11-6-4-5-7-12(11)17(2)3/h4-7H,8-10H2,1-3H3,(H,16,21)(H,19,20). The van der Waals surface area contributed by atoms with E-state index in [0.717, 1.165) is 11.4 Å². The molecule has 1 aliphatic rings. The summed E-state index contributed by atoms with van der Waals surface area (Å²) < 4.78 is 0. The first kappa shape index (κ1) is 15.2. The van der Waals surface area contributed by atoms with Crippen molar-refractivity contribution in [3.8, 4) is 0 Å². The highest BCUT2D eigenvalue weighted by molar-refractivity contribution is 5.93. The average Bonchev–Trinajstić information content (AvgIpc) is 2.83. The van der Waals surface area contributed by atoms with Crippen molar-refractivity contribution >= 4 is 23.4 Å². The van der Waals surface area contributed by atoms with Crippen molar-refractivity contribution < 1.29 is 14.7 Å². The number of benzene rings is 1. The van der Waals surface area contributed by atoms with Crippen molar-refractivity contribution in [2.24, 2.45) is 5.41 Å². The molecule has 1 fully saturated rings. The summed E-state index contributed by atoms with van der Waals surface area (Å²) >= 11 is 0. The molecular weight excluding hydrogens is 270 g/mol. The van der Waals surface area contributed by atoms with Crippen LogP contribution in [0.1, 0.15) is 13.3 Å². The highest BCUT2D eigenvalue weighted by atomic mass is 16.4. The summed E-state index contributed by atoms with van der Waals surface area (Å²) in [6, 6.07) is 7.26. The van der Waals surface area contributed by atoms with Crippen LogP contribution < -0.4 is 10.2 Å². The summed E-state index contributed by atoms with van der Waals surface area (Å²) in [6.45, 7) is 2.37. The number of carboxylic acid groups (broad SMARTS) is 1. The lowest BCUT2D eigenvalue weighted by Gasteiger charge is -2.22. The van der Waals surface area contributed by atoms with Gasteiger partial charge in [0, 0.05) is 27.2 Å². The van der Waals surface area contributed by atoms with Crippen LogP contribution in [-0.2, 0) is 4.79 Å². The number of nitrogens with zero attached hydrogens (tertiary/aromatic N) is 2. The van der Waals surface area contributed by atoms with E-state index in [0.29, 0.717) is 13.0 Å². The molecule has 21 heavy (non-hydrogen) atoms. The first-order chi connectivity index (χ1) is 9.83. The lowest BCUT2D eigenvalue weighted by molar-refractivity contribution is -0.146. The molecule has 1 heterocycles. The second-order valence-corrected chi connectivity index (χ2v) is 5.88. The molecule has 1 aromatic carbocycles. The quantitative estimate of drug-likeness (QED) is 0.894. The van der Waals surface area contributed by atoms with E-state index >= 15 is 0 Å². The van der Waals surface area contributed by atoms with E-state index in [2.05, 4.69) is 5.32 Å². The third kappa shape index (κ3) is 3.09. The maximum absolute atomic E-state index is 12.3. The first-order valence-corrected chi connectivity index (χ1v) is 6.89. The Labute approximate surface area is 124 Å². The Balaban J connectivity index is 2.08. The lowest BCUT2D eigenvalue weighted by atomic mass is 9.90. The Morgan fingerprint density at radius 1 is 1.33 bits per heavy atom. The van der Waals surface area contributed by atoms with Crippen LogP contribution in [-0.4, -0.2) is 49.2 Å². The molecular formula is C15H21N3O3. The van der Waals surface area contributed by atoms with Gasteiger partial charge in [0.05, 0.1) is 16.8 Å². The molecule has 0 bridgehead atoms. The van der Waals surface area contributed by atoms with E-state index in [1.54, 1.807) is 11.8 Å². The minimum atomic E-state index is -0.855. The Morgan fingerprint density at radius 3 is 2.57 bits per heavy atom. The molecule has 114 valence electrons. The fourth-order valence-corrected chi connectivity index (χ4v) is 2.47. The van der Waals surface area contributed by atoms with Crippen LogP contribution in [0.25, 0.3) is 0 Å². The van der Waals surface area contributed by atoms with Crippen LogP contribution in [0.2, 0.25) is 0 Å². The average molecular weight is 291 g/mol. The number of amides is 2. The van der Waals surface area contributed by atoms with E-state index < -0.39 is 11.4 Å². The van der Waals surface area contributed by atoms with Crippen molar-refractivity contribution in [3.05, 3.63) is 24.3 Å². The number of carboxylic acids is 1. The highest BCUT2D eigenvalue weighted by Crippen LogP contribution is 2.31. The molecule has 6 nitrogen and oxygen atoms in total. The molecule has 0 aliphatic carbocycles. The first-order valence-electron chi connectivity index (χ1n) is 6.89. The number of para-hydroxylation sites is 2. The smallest absolute Gasteiger partial charge is 0.321 e. The molecule has 0 spiro atoms. The molecule has 1 aliphatic heterocycles. The summed E-state index contributed by atoms with van der Waals surface area (Å²) in [5.41, 5.74) is 0.778. The van der Waals surface area contributed by atoms with Gasteiger partial charge in [-0.15, -0.1) is 0 Å². The van der Waals surface area contributed by atoms with Crippen molar-refractivity contribution in [1.82, 2.24) is 4.90 Å². The molecule has 1 saturated heterocycles. The van der Waals surface area contributed by atoms with Crippen LogP contribution in [0, 0.1) is 5.41 Å². The lowest BCUT2D eigenvalue weighted by Crippen LogP contribution is -2.37. The fourth-order valence-electron chi connectivity index (χ4n) is 2.47. The van der Waals surface area contributed by atoms with Crippen molar-refractivity contribution in [2.75, 3.05) is 37.4 Å². The maximum Gasteiger partial charge on any atom is 0.321 e. The van der Waals surface area contributed by atoms with E-state index in [1.807, 2.05) is 43.3 Å². The predicted octanol–water partition coefficient (Wildman–Crippen LogP) is 2.08. The Kier molecular flexibility index (Phi) is 4.06. The molecule has 2 rings (SSSR count). The summed E-state index contributed by atoms with van der Waals surface area (Å²) in [5.74, 6) is -0.855. The van der Waals surface area contributed by atoms with Gasteiger partial charge in [0.1, 0.15) is 0 Å². The van der Waals surface area contributed by atoms with Gasteiger partial charge in [-0.2, -0.15) is 0 Å². The van der Waals surface area contributed by atoms with E-state index in [4.69, 9.17) is 0 Å². The molecule has 6 heteroatoms. The number of aliphatic carboxylic acids is 1. The number of carbonyl (C=O) groups excluding carboxylic acids is 1. The molecule has 0 aromatic heterocycles. The van der Waals surface area contributed by atoms with Crippen LogP contribution in [0.3, 0.4) is 0 Å². The predicted molar refractivity (Wildman–Crippen MR) is 81.7 cm³/mol. The van der Waals surface area contributed by atoms with E-state index in [9.17, 15) is 14.7 Å². The highest BCUT2D eigenvalue weighted by Gasteiger charge is 2.42. The summed E-state index contributed by atoms with van der Waals surface area (Å²) in [6.07, 6.45) is 0.477. The minimum Gasteiger partial charge on any atom is -0.481 e. The Morgan fingerprint density at radius 2 is 2.00 bits per heavy atom. The third-order valence-electron chi connectivity index (χ3n) is 3.90. The van der Waals surface area contributed by atoms with Crippen LogP contribution in [0.5, 0.6) is 0 Å². The minimum absolute atomic E-state index is 0.234. The molecule has 1 aromatic rings. The zero-order valence-corrected chi connectivity index (χ0v) is 12.6.